The smallest absolute Gasteiger partial charge is 0.395 e. The highest BCUT2D eigenvalue weighted by molar-refractivity contribution is 5.76. The number of rotatable bonds is 9. The predicted molar refractivity (Wildman–Crippen MR) is 116 cm³/mol. The lowest BCUT2D eigenvalue weighted by atomic mass is 9.93. The summed E-state index contributed by atoms with van der Waals surface area (Å²) in [6, 6.07) is 10.2. The van der Waals surface area contributed by atoms with Crippen molar-refractivity contribution in [1.82, 2.24) is 15.2 Å². The van der Waals surface area contributed by atoms with Crippen LogP contribution in [0.5, 0.6) is 5.75 Å². The molecule has 174 valence electrons. The Morgan fingerprint density at radius 2 is 1.97 bits per heavy atom. The monoisotopic (exact) mass is 449 g/mol. The largest absolute Gasteiger partial charge is 0.508 e. The normalized spacial score (nSPS) is 21.4. The van der Waals surface area contributed by atoms with Crippen LogP contribution in [0.25, 0.3) is 0 Å². The third kappa shape index (κ3) is 5.59. The molecule has 1 heterocycles. The van der Waals surface area contributed by atoms with Crippen LogP contribution in [0.3, 0.4) is 0 Å². The van der Waals surface area contributed by atoms with Gasteiger partial charge in [0.1, 0.15) is 5.75 Å². The van der Waals surface area contributed by atoms with E-state index in [4.69, 9.17) is 0 Å². The van der Waals surface area contributed by atoms with Crippen LogP contribution in [0, 0.1) is 12.3 Å². The Morgan fingerprint density at radius 3 is 2.56 bits per heavy atom. The zero-order chi connectivity index (χ0) is 23.5. The number of aromatic hydroxyl groups is 1. The average Bonchev–Trinajstić information content (AvgIpc) is 3.47. The van der Waals surface area contributed by atoms with Crippen molar-refractivity contribution in [2.24, 2.45) is 5.41 Å². The second kappa shape index (κ2) is 9.48. The number of nitrogens with zero attached hydrogens (tertiary/aromatic N) is 2. The fourth-order valence-electron chi connectivity index (χ4n) is 4.26. The topological polar surface area (TPSA) is 65.5 Å². The standard InChI is InChI=1S/C24H30F3N3O2/c1-16-12-18(9-11-28-16)21-14-23(21,24(25,26)27)10-8-22(32)29-15-19(30(2)3)13-17-4-6-20(31)7-5-17/h4-7,9,11-12,19,21,31H,8,10,13-15H2,1-3H3,(H,29,32)/t19-,21+,23+/m0/s1. The van der Waals surface area contributed by atoms with E-state index in [0.29, 0.717) is 24.2 Å². The van der Waals surface area contributed by atoms with Crippen LogP contribution < -0.4 is 5.32 Å². The van der Waals surface area contributed by atoms with E-state index in [9.17, 15) is 23.1 Å². The third-order valence-electron chi connectivity index (χ3n) is 6.43. The van der Waals surface area contributed by atoms with Gasteiger partial charge in [0.05, 0.1) is 5.41 Å². The molecule has 3 rings (SSSR count). The Labute approximate surface area is 186 Å². The molecule has 3 atom stereocenters. The van der Waals surface area contributed by atoms with Gasteiger partial charge in [0, 0.05) is 30.9 Å². The third-order valence-corrected chi connectivity index (χ3v) is 6.43. The minimum absolute atomic E-state index is 0.00834. The number of halogens is 3. The van der Waals surface area contributed by atoms with Crippen LogP contribution in [-0.4, -0.2) is 53.8 Å². The van der Waals surface area contributed by atoms with Crippen LogP contribution in [0.1, 0.15) is 42.0 Å². The average molecular weight is 450 g/mol. The molecule has 0 spiro atoms. The highest BCUT2D eigenvalue weighted by Gasteiger charge is 2.70. The van der Waals surface area contributed by atoms with Gasteiger partial charge < -0.3 is 15.3 Å². The molecule has 0 aliphatic heterocycles. The van der Waals surface area contributed by atoms with Gasteiger partial charge in [-0.2, -0.15) is 13.2 Å². The van der Waals surface area contributed by atoms with Crippen molar-refractivity contribution in [1.29, 1.82) is 0 Å². The van der Waals surface area contributed by atoms with Crippen LogP contribution in [0.4, 0.5) is 13.2 Å². The minimum Gasteiger partial charge on any atom is -0.508 e. The number of benzene rings is 1. The van der Waals surface area contributed by atoms with Gasteiger partial charge in [-0.15, -0.1) is 0 Å². The molecule has 0 saturated heterocycles. The molecule has 2 aromatic rings. The minimum atomic E-state index is -4.36. The molecule has 0 unspecified atom stereocenters. The van der Waals surface area contributed by atoms with Crippen LogP contribution in [0.15, 0.2) is 42.6 Å². The molecule has 2 N–H and O–H groups in total. The highest BCUT2D eigenvalue weighted by Crippen LogP contribution is 2.69. The molecule has 0 bridgehead atoms. The number of alkyl halides is 3. The molecule has 5 nitrogen and oxygen atoms in total. The van der Waals surface area contributed by atoms with Crippen LogP contribution >= 0.6 is 0 Å². The molecule has 8 heteroatoms. The first-order valence-corrected chi connectivity index (χ1v) is 10.7. The predicted octanol–water partition coefficient (Wildman–Crippen LogP) is 4.20. The molecule has 1 fully saturated rings. The number of phenolic OH excluding ortho intramolecular Hbond substituents is 1. The lowest BCUT2D eigenvalue weighted by molar-refractivity contribution is -0.191. The van der Waals surface area contributed by atoms with E-state index in [0.717, 1.165) is 5.56 Å². The second-order valence-electron chi connectivity index (χ2n) is 8.93. The van der Waals surface area contributed by atoms with E-state index in [-0.39, 0.29) is 37.0 Å². The number of aromatic nitrogens is 1. The van der Waals surface area contributed by atoms with E-state index in [1.165, 1.54) is 6.20 Å². The molecule has 0 radical (unpaired) electrons. The fourth-order valence-corrected chi connectivity index (χ4v) is 4.26. The molecule has 32 heavy (non-hydrogen) atoms. The number of pyridine rings is 1. The quantitative estimate of drug-likeness (QED) is 0.602. The lowest BCUT2D eigenvalue weighted by Crippen LogP contribution is -2.42. The van der Waals surface area contributed by atoms with Crippen molar-refractivity contribution in [2.45, 2.75) is 50.7 Å². The second-order valence-corrected chi connectivity index (χ2v) is 8.93. The van der Waals surface area contributed by atoms with Crippen molar-refractivity contribution < 1.29 is 23.1 Å². The van der Waals surface area contributed by atoms with Gasteiger partial charge in [0.25, 0.3) is 0 Å². The maximum atomic E-state index is 13.9. The summed E-state index contributed by atoms with van der Waals surface area (Å²) in [5, 5.41) is 12.2. The molecule has 1 saturated carbocycles. The number of amides is 1. The number of carbonyl (C=O) groups is 1. The van der Waals surface area contributed by atoms with Crippen LogP contribution in [0.2, 0.25) is 0 Å². The van der Waals surface area contributed by atoms with Crippen molar-refractivity contribution in [3.05, 3.63) is 59.4 Å². The van der Waals surface area contributed by atoms with E-state index in [1.54, 1.807) is 31.2 Å². The van der Waals surface area contributed by atoms with Gasteiger partial charge in [-0.05, 0) is 81.6 Å². The van der Waals surface area contributed by atoms with Gasteiger partial charge in [-0.25, -0.2) is 0 Å². The van der Waals surface area contributed by atoms with Gasteiger partial charge in [0.2, 0.25) is 5.91 Å². The molecular formula is C24H30F3N3O2. The summed E-state index contributed by atoms with van der Waals surface area (Å²) in [4.78, 5) is 18.5. The number of nitrogens with one attached hydrogen (secondary N) is 1. The van der Waals surface area contributed by atoms with E-state index in [2.05, 4.69) is 10.3 Å². The molecule has 1 amide bonds. The summed E-state index contributed by atoms with van der Waals surface area (Å²) in [6.07, 6.45) is -2.57. The van der Waals surface area contributed by atoms with Crippen molar-refractivity contribution in [3.8, 4) is 5.75 Å². The molecule has 1 aromatic heterocycles. The summed E-state index contributed by atoms with van der Waals surface area (Å²) in [5.74, 6) is -0.814. The van der Waals surface area contributed by atoms with Crippen molar-refractivity contribution in [2.75, 3.05) is 20.6 Å². The van der Waals surface area contributed by atoms with Crippen molar-refractivity contribution in [3.63, 3.8) is 0 Å². The van der Waals surface area contributed by atoms with E-state index < -0.39 is 17.5 Å². The number of aryl methyl sites for hydroxylation is 1. The van der Waals surface area contributed by atoms with Gasteiger partial charge in [-0.1, -0.05) is 12.1 Å². The van der Waals surface area contributed by atoms with Crippen molar-refractivity contribution >= 4 is 5.91 Å². The van der Waals surface area contributed by atoms with E-state index >= 15 is 0 Å². The number of hydrogen-bond acceptors (Lipinski definition) is 4. The first kappa shape index (κ1) is 24.0. The van der Waals surface area contributed by atoms with Gasteiger partial charge >= 0.3 is 6.18 Å². The number of carbonyl (C=O) groups excluding carboxylic acids is 1. The maximum Gasteiger partial charge on any atom is 0.395 e. The fraction of sp³-hybridized carbons (Fsp3) is 0.500. The molecular weight excluding hydrogens is 419 g/mol. The number of hydrogen-bond donors (Lipinski definition) is 2. The Bertz CT molecular complexity index is 931. The summed E-state index contributed by atoms with van der Waals surface area (Å²) < 4.78 is 41.7. The Hall–Kier alpha value is -2.61. The molecule has 1 aliphatic carbocycles. The highest BCUT2D eigenvalue weighted by atomic mass is 19.4. The first-order chi connectivity index (χ1) is 15.0. The first-order valence-electron chi connectivity index (χ1n) is 10.7. The maximum absolute atomic E-state index is 13.9. The van der Waals surface area contributed by atoms with Gasteiger partial charge in [0.15, 0.2) is 0 Å². The molecule has 1 aliphatic rings. The summed E-state index contributed by atoms with van der Waals surface area (Å²) >= 11 is 0. The Morgan fingerprint density at radius 1 is 1.28 bits per heavy atom. The van der Waals surface area contributed by atoms with Crippen LogP contribution in [-0.2, 0) is 11.2 Å². The summed E-state index contributed by atoms with van der Waals surface area (Å²) in [5.41, 5.74) is 0.481. The summed E-state index contributed by atoms with van der Waals surface area (Å²) in [6.45, 7) is 2.09. The number of likely N-dealkylation sites (N-methyl/N-ethyl adjacent to an activating group) is 1. The Balaban J connectivity index is 1.56. The number of phenols is 1. The summed E-state index contributed by atoms with van der Waals surface area (Å²) in [7, 11) is 3.78. The zero-order valence-electron chi connectivity index (χ0n) is 18.6. The SMILES string of the molecule is Cc1cc([C@H]2C[C@@]2(CCC(=O)NC[C@H](Cc2ccc(O)cc2)N(C)C)C(F)(F)F)ccn1. The van der Waals surface area contributed by atoms with Gasteiger partial charge in [-0.3, -0.25) is 9.78 Å². The Kier molecular flexibility index (Phi) is 7.12. The molecule has 1 aromatic carbocycles. The lowest BCUT2D eigenvalue weighted by Gasteiger charge is -2.25. The van der Waals surface area contributed by atoms with E-state index in [1.807, 2.05) is 31.1 Å². The zero-order valence-corrected chi connectivity index (χ0v) is 18.6.